The number of carbonyl (C=O) groups excluding carboxylic acids is 2. The average Bonchev–Trinajstić information content (AvgIpc) is 3.37. The maximum atomic E-state index is 12.9. The summed E-state index contributed by atoms with van der Waals surface area (Å²) in [4.78, 5) is 27.2. The van der Waals surface area contributed by atoms with E-state index in [-0.39, 0.29) is 12.5 Å². The number of nitrogens with zero attached hydrogens (tertiary/aromatic N) is 4. The van der Waals surface area contributed by atoms with Crippen molar-refractivity contribution in [1.82, 2.24) is 19.9 Å². The van der Waals surface area contributed by atoms with E-state index in [9.17, 15) is 9.59 Å². The summed E-state index contributed by atoms with van der Waals surface area (Å²) in [6.45, 7) is 1.30. The molecule has 0 saturated carbocycles. The molecule has 1 aliphatic heterocycles. The highest BCUT2D eigenvalue weighted by atomic mass is 16.5. The van der Waals surface area contributed by atoms with E-state index < -0.39 is 12.1 Å². The fourth-order valence-electron chi connectivity index (χ4n) is 3.32. The van der Waals surface area contributed by atoms with E-state index in [4.69, 9.17) is 4.74 Å². The van der Waals surface area contributed by atoms with Crippen molar-refractivity contribution < 1.29 is 14.3 Å². The van der Waals surface area contributed by atoms with Crippen LogP contribution >= 0.6 is 0 Å². The van der Waals surface area contributed by atoms with Crippen molar-refractivity contribution in [3.63, 3.8) is 0 Å². The van der Waals surface area contributed by atoms with E-state index >= 15 is 0 Å². The normalized spacial score (nSPS) is 15.0. The van der Waals surface area contributed by atoms with Gasteiger partial charge >= 0.3 is 5.97 Å². The minimum Gasteiger partial charge on any atom is -0.446 e. The van der Waals surface area contributed by atoms with E-state index in [1.165, 1.54) is 4.68 Å². The minimum absolute atomic E-state index is 0.100. The SMILES string of the molecule is O=C(Cn1nnc2ccccc21)OC(C(=O)N1CCCC1)c1ccccc1. The van der Waals surface area contributed by atoms with Gasteiger partial charge in [-0.3, -0.25) is 9.59 Å². The fraction of sp³-hybridized carbons (Fsp3) is 0.300. The van der Waals surface area contributed by atoms with Crippen molar-refractivity contribution in [3.05, 3.63) is 60.2 Å². The Labute approximate surface area is 156 Å². The molecular weight excluding hydrogens is 344 g/mol. The van der Waals surface area contributed by atoms with Crippen LogP contribution in [0.1, 0.15) is 24.5 Å². The summed E-state index contributed by atoms with van der Waals surface area (Å²) in [7, 11) is 0. The minimum atomic E-state index is -0.938. The number of ether oxygens (including phenoxy) is 1. The molecule has 1 aliphatic rings. The highest BCUT2D eigenvalue weighted by molar-refractivity contribution is 5.85. The van der Waals surface area contributed by atoms with Gasteiger partial charge in [0.05, 0.1) is 5.52 Å². The number of aromatic nitrogens is 3. The lowest BCUT2D eigenvalue weighted by Gasteiger charge is -2.23. The third kappa shape index (κ3) is 3.67. The van der Waals surface area contributed by atoms with Gasteiger partial charge in [-0.1, -0.05) is 47.7 Å². The van der Waals surface area contributed by atoms with Crippen molar-refractivity contribution in [1.29, 1.82) is 0 Å². The summed E-state index contributed by atoms with van der Waals surface area (Å²) < 4.78 is 7.10. The van der Waals surface area contributed by atoms with Gasteiger partial charge in [0.1, 0.15) is 12.1 Å². The highest BCUT2D eigenvalue weighted by Gasteiger charge is 2.31. The number of amides is 1. The number of fused-ring (bicyclic) bond motifs is 1. The molecule has 1 unspecified atom stereocenters. The molecule has 4 rings (SSSR count). The summed E-state index contributed by atoms with van der Waals surface area (Å²) in [5.74, 6) is -0.692. The van der Waals surface area contributed by atoms with E-state index in [1.54, 1.807) is 17.0 Å². The summed E-state index contributed by atoms with van der Waals surface area (Å²) in [6.07, 6.45) is 1.02. The topological polar surface area (TPSA) is 77.3 Å². The largest absolute Gasteiger partial charge is 0.446 e. The Hall–Kier alpha value is -3.22. The number of benzene rings is 2. The lowest BCUT2D eigenvalue weighted by Crippen LogP contribution is -2.35. The van der Waals surface area contributed by atoms with Crippen molar-refractivity contribution in [3.8, 4) is 0 Å². The van der Waals surface area contributed by atoms with Gasteiger partial charge in [-0.05, 0) is 25.0 Å². The van der Waals surface area contributed by atoms with Gasteiger partial charge in [-0.15, -0.1) is 5.10 Å². The van der Waals surface area contributed by atoms with Crippen LogP contribution in [0.25, 0.3) is 11.0 Å². The molecule has 138 valence electrons. The van der Waals surface area contributed by atoms with Crippen LogP contribution in [-0.4, -0.2) is 44.9 Å². The van der Waals surface area contributed by atoms with Gasteiger partial charge in [0, 0.05) is 18.7 Å². The Morgan fingerprint density at radius 3 is 2.48 bits per heavy atom. The van der Waals surface area contributed by atoms with Crippen molar-refractivity contribution >= 4 is 22.9 Å². The second-order valence-corrected chi connectivity index (χ2v) is 6.55. The van der Waals surface area contributed by atoms with E-state index in [1.807, 2.05) is 42.5 Å². The van der Waals surface area contributed by atoms with Crippen LogP contribution in [0.3, 0.4) is 0 Å². The predicted molar refractivity (Wildman–Crippen MR) is 98.6 cm³/mol. The average molecular weight is 364 g/mol. The maximum absolute atomic E-state index is 12.9. The van der Waals surface area contributed by atoms with Gasteiger partial charge < -0.3 is 9.64 Å². The number of para-hydroxylation sites is 1. The Balaban J connectivity index is 1.53. The Morgan fingerprint density at radius 1 is 1.00 bits per heavy atom. The van der Waals surface area contributed by atoms with Crippen molar-refractivity contribution in [2.45, 2.75) is 25.5 Å². The predicted octanol–water partition coefficient (Wildman–Crippen LogP) is 2.34. The number of likely N-dealkylation sites (tertiary alicyclic amines) is 1. The first kappa shape index (κ1) is 17.2. The third-order valence-corrected chi connectivity index (χ3v) is 4.69. The molecule has 1 aromatic heterocycles. The molecule has 0 aliphatic carbocycles. The summed E-state index contributed by atoms with van der Waals surface area (Å²) in [6, 6.07) is 16.5. The maximum Gasteiger partial charge on any atom is 0.328 e. The molecule has 1 saturated heterocycles. The highest BCUT2D eigenvalue weighted by Crippen LogP contribution is 2.23. The number of esters is 1. The Kier molecular flexibility index (Phi) is 4.82. The first-order chi connectivity index (χ1) is 13.2. The lowest BCUT2D eigenvalue weighted by atomic mass is 10.1. The van der Waals surface area contributed by atoms with Crippen LogP contribution in [0, 0.1) is 0 Å². The molecule has 1 fully saturated rings. The molecule has 1 amide bonds. The first-order valence-corrected chi connectivity index (χ1v) is 9.04. The van der Waals surface area contributed by atoms with Crippen LogP contribution in [-0.2, 0) is 20.9 Å². The van der Waals surface area contributed by atoms with Gasteiger partial charge in [-0.2, -0.15) is 0 Å². The fourth-order valence-corrected chi connectivity index (χ4v) is 3.32. The van der Waals surface area contributed by atoms with E-state index in [0.29, 0.717) is 24.2 Å². The molecule has 0 spiro atoms. The molecule has 2 aromatic carbocycles. The molecule has 27 heavy (non-hydrogen) atoms. The van der Waals surface area contributed by atoms with Crippen LogP contribution in [0.4, 0.5) is 0 Å². The van der Waals surface area contributed by atoms with Crippen LogP contribution in [0.2, 0.25) is 0 Å². The zero-order chi connectivity index (χ0) is 18.6. The third-order valence-electron chi connectivity index (χ3n) is 4.69. The van der Waals surface area contributed by atoms with Crippen molar-refractivity contribution in [2.24, 2.45) is 0 Å². The standard InChI is InChI=1S/C20H20N4O3/c25-18(14-24-17-11-5-4-10-16(17)21-22-24)27-19(15-8-2-1-3-9-15)20(26)23-12-6-7-13-23/h1-5,8-11,19H,6-7,12-14H2. The summed E-state index contributed by atoms with van der Waals surface area (Å²) >= 11 is 0. The summed E-state index contributed by atoms with van der Waals surface area (Å²) in [5, 5.41) is 8.05. The van der Waals surface area contributed by atoms with Crippen LogP contribution in [0.15, 0.2) is 54.6 Å². The van der Waals surface area contributed by atoms with Gasteiger partial charge in [-0.25, -0.2) is 4.68 Å². The number of hydrogen-bond acceptors (Lipinski definition) is 5. The van der Waals surface area contributed by atoms with Gasteiger partial charge in [0.2, 0.25) is 6.10 Å². The molecular formula is C20H20N4O3. The molecule has 7 nitrogen and oxygen atoms in total. The van der Waals surface area contributed by atoms with E-state index in [0.717, 1.165) is 18.4 Å². The van der Waals surface area contributed by atoms with E-state index in [2.05, 4.69) is 10.3 Å². The Bertz CT molecular complexity index is 948. The first-order valence-electron chi connectivity index (χ1n) is 9.04. The van der Waals surface area contributed by atoms with Gasteiger partial charge in [0.25, 0.3) is 5.91 Å². The number of hydrogen-bond donors (Lipinski definition) is 0. The molecule has 7 heteroatoms. The molecule has 3 aromatic rings. The van der Waals surface area contributed by atoms with Gasteiger partial charge in [0.15, 0.2) is 0 Å². The molecule has 0 N–H and O–H groups in total. The number of rotatable bonds is 5. The molecule has 0 bridgehead atoms. The van der Waals surface area contributed by atoms with Crippen LogP contribution < -0.4 is 0 Å². The second kappa shape index (κ2) is 7.57. The molecule has 1 atom stereocenters. The zero-order valence-electron chi connectivity index (χ0n) is 14.8. The molecule has 2 heterocycles. The number of carbonyl (C=O) groups is 2. The Morgan fingerprint density at radius 2 is 1.70 bits per heavy atom. The monoisotopic (exact) mass is 364 g/mol. The smallest absolute Gasteiger partial charge is 0.328 e. The lowest BCUT2D eigenvalue weighted by molar-refractivity contribution is -0.161. The quantitative estimate of drug-likeness (QED) is 0.650. The molecule has 0 radical (unpaired) electrons. The van der Waals surface area contributed by atoms with Crippen molar-refractivity contribution in [2.75, 3.05) is 13.1 Å². The van der Waals surface area contributed by atoms with Crippen LogP contribution in [0.5, 0.6) is 0 Å². The second-order valence-electron chi connectivity index (χ2n) is 6.55. The summed E-state index contributed by atoms with van der Waals surface area (Å²) in [5.41, 5.74) is 2.13. The zero-order valence-corrected chi connectivity index (χ0v) is 14.8.